The number of carbonyl (C=O) groups is 2. The number of aromatic nitrogens is 2. The van der Waals surface area contributed by atoms with Gasteiger partial charge in [-0.05, 0) is 47.8 Å². The molecule has 0 radical (unpaired) electrons. The topological polar surface area (TPSA) is 88.5 Å². The second-order valence-electron chi connectivity index (χ2n) is 8.39. The van der Waals surface area contributed by atoms with Crippen LogP contribution in [0.3, 0.4) is 0 Å². The van der Waals surface area contributed by atoms with Crippen LogP contribution in [0.1, 0.15) is 15.2 Å². The first-order valence-electron chi connectivity index (χ1n) is 11.6. The Hall–Kier alpha value is -3.53. The molecule has 1 saturated heterocycles. The van der Waals surface area contributed by atoms with E-state index in [1.165, 1.54) is 0 Å². The molecule has 1 aliphatic heterocycles. The van der Waals surface area contributed by atoms with Crippen LogP contribution in [0, 0.1) is 0 Å². The molecule has 180 valence electrons. The summed E-state index contributed by atoms with van der Waals surface area (Å²) in [6.07, 6.45) is 2.12. The fourth-order valence-electron chi connectivity index (χ4n) is 4.11. The van der Waals surface area contributed by atoms with E-state index in [0.717, 1.165) is 54.3 Å². The van der Waals surface area contributed by atoms with Gasteiger partial charge in [-0.15, -0.1) is 11.3 Å². The summed E-state index contributed by atoms with van der Waals surface area (Å²) in [5, 5.41) is 13.4. The second kappa shape index (κ2) is 10.8. The highest BCUT2D eigenvalue weighted by molar-refractivity contribution is 7.10. The highest BCUT2D eigenvalue weighted by atomic mass is 32.1. The average Bonchev–Trinajstić information content (AvgIpc) is 3.54. The average molecular weight is 490 g/mol. The van der Waals surface area contributed by atoms with Crippen molar-refractivity contribution in [1.29, 1.82) is 0 Å². The Balaban J connectivity index is 1.28. The Labute approximate surface area is 207 Å². The number of benzene rings is 2. The molecular weight excluding hydrogens is 462 g/mol. The zero-order valence-corrected chi connectivity index (χ0v) is 20.1. The van der Waals surface area contributed by atoms with Crippen LogP contribution >= 0.6 is 11.3 Å². The first-order valence-corrected chi connectivity index (χ1v) is 12.5. The molecule has 35 heavy (non-hydrogen) atoms. The van der Waals surface area contributed by atoms with E-state index in [-0.39, 0.29) is 11.8 Å². The normalized spacial score (nSPS) is 14.2. The van der Waals surface area contributed by atoms with E-state index in [1.54, 1.807) is 28.3 Å². The molecule has 2 aromatic heterocycles. The van der Waals surface area contributed by atoms with Crippen molar-refractivity contribution in [3.8, 4) is 5.69 Å². The quantitative estimate of drug-likeness (QED) is 0.396. The lowest BCUT2D eigenvalue weighted by atomic mass is 10.1. The summed E-state index contributed by atoms with van der Waals surface area (Å²) in [7, 11) is 0. The largest absolute Gasteiger partial charge is 0.379 e. The van der Waals surface area contributed by atoms with Gasteiger partial charge in [0, 0.05) is 47.7 Å². The Morgan fingerprint density at radius 3 is 2.77 bits per heavy atom. The van der Waals surface area contributed by atoms with E-state index in [1.807, 2.05) is 53.9 Å². The molecule has 0 spiro atoms. The van der Waals surface area contributed by atoms with Gasteiger partial charge in [-0.1, -0.05) is 12.1 Å². The fourth-order valence-corrected chi connectivity index (χ4v) is 4.82. The fraction of sp³-hybridized carbons (Fsp3) is 0.269. The Morgan fingerprint density at radius 2 is 1.94 bits per heavy atom. The van der Waals surface area contributed by atoms with Crippen molar-refractivity contribution in [2.45, 2.75) is 6.42 Å². The lowest BCUT2D eigenvalue weighted by Crippen LogP contribution is -2.41. The standard InChI is InChI=1S/C26H27N5O3S/c32-25(17-23-5-2-14-35-23)29-21-7-6-20-18-28-31(24(20)16-21)22-4-1-3-19(15-22)26(33)27-8-9-30-10-12-34-13-11-30/h1-7,14-16,18H,8-13,17H2,(H,27,33)(H,29,32). The third-order valence-electron chi connectivity index (χ3n) is 5.94. The number of hydrogen-bond acceptors (Lipinski definition) is 6. The zero-order valence-electron chi connectivity index (χ0n) is 19.3. The predicted octanol–water partition coefficient (Wildman–Crippen LogP) is 3.33. The van der Waals surface area contributed by atoms with Crippen LogP contribution in [-0.2, 0) is 16.0 Å². The van der Waals surface area contributed by atoms with E-state index < -0.39 is 0 Å². The number of ether oxygens (including phenoxy) is 1. The van der Waals surface area contributed by atoms with Crippen molar-refractivity contribution in [2.24, 2.45) is 0 Å². The molecule has 2 N–H and O–H groups in total. The molecule has 1 fully saturated rings. The maximum Gasteiger partial charge on any atom is 0.251 e. The van der Waals surface area contributed by atoms with Gasteiger partial charge in [0.15, 0.2) is 0 Å². The monoisotopic (exact) mass is 489 g/mol. The molecule has 2 amide bonds. The minimum absolute atomic E-state index is 0.0615. The van der Waals surface area contributed by atoms with E-state index >= 15 is 0 Å². The van der Waals surface area contributed by atoms with Gasteiger partial charge in [0.1, 0.15) is 0 Å². The maximum absolute atomic E-state index is 12.7. The van der Waals surface area contributed by atoms with Gasteiger partial charge < -0.3 is 15.4 Å². The van der Waals surface area contributed by atoms with Crippen molar-refractivity contribution in [1.82, 2.24) is 20.0 Å². The third kappa shape index (κ3) is 5.76. The SMILES string of the molecule is O=C(Cc1cccs1)Nc1ccc2cnn(-c3cccc(C(=O)NCCN4CCOCC4)c3)c2c1. The van der Waals surface area contributed by atoms with Crippen LogP contribution in [0.5, 0.6) is 0 Å². The number of hydrogen-bond donors (Lipinski definition) is 2. The zero-order chi connectivity index (χ0) is 24.0. The predicted molar refractivity (Wildman–Crippen MR) is 137 cm³/mol. The van der Waals surface area contributed by atoms with E-state index in [2.05, 4.69) is 20.6 Å². The van der Waals surface area contributed by atoms with Gasteiger partial charge in [-0.3, -0.25) is 14.5 Å². The number of nitrogens with zero attached hydrogens (tertiary/aromatic N) is 3. The van der Waals surface area contributed by atoms with Crippen LogP contribution in [0.4, 0.5) is 5.69 Å². The van der Waals surface area contributed by atoms with Gasteiger partial charge in [0.05, 0.1) is 37.0 Å². The molecule has 5 rings (SSSR count). The first-order chi connectivity index (χ1) is 17.2. The molecule has 8 nitrogen and oxygen atoms in total. The summed E-state index contributed by atoms with van der Waals surface area (Å²) < 4.78 is 7.15. The summed E-state index contributed by atoms with van der Waals surface area (Å²) in [6, 6.07) is 17.0. The minimum Gasteiger partial charge on any atom is -0.379 e. The number of carbonyl (C=O) groups excluding carboxylic acids is 2. The van der Waals surface area contributed by atoms with Gasteiger partial charge in [0.25, 0.3) is 5.91 Å². The molecule has 0 unspecified atom stereocenters. The first kappa shape index (κ1) is 23.2. The van der Waals surface area contributed by atoms with E-state index in [9.17, 15) is 9.59 Å². The Bertz CT molecular complexity index is 1310. The second-order valence-corrected chi connectivity index (χ2v) is 9.43. The van der Waals surface area contributed by atoms with Crippen LogP contribution in [-0.4, -0.2) is 65.9 Å². The lowest BCUT2D eigenvalue weighted by Gasteiger charge is -2.26. The molecule has 0 saturated carbocycles. The Morgan fingerprint density at radius 1 is 1.06 bits per heavy atom. The Kier molecular flexibility index (Phi) is 7.17. The molecule has 3 heterocycles. The van der Waals surface area contributed by atoms with E-state index in [0.29, 0.717) is 24.2 Å². The highest BCUT2D eigenvalue weighted by Crippen LogP contribution is 2.23. The molecular formula is C26H27N5O3S. The van der Waals surface area contributed by atoms with Gasteiger partial charge >= 0.3 is 0 Å². The van der Waals surface area contributed by atoms with Crippen LogP contribution < -0.4 is 10.6 Å². The minimum atomic E-state index is -0.113. The lowest BCUT2D eigenvalue weighted by molar-refractivity contribution is -0.115. The molecule has 0 atom stereocenters. The number of anilines is 1. The number of fused-ring (bicyclic) bond motifs is 1. The molecule has 2 aromatic carbocycles. The van der Waals surface area contributed by atoms with Crippen molar-refractivity contribution in [3.63, 3.8) is 0 Å². The summed E-state index contributed by atoms with van der Waals surface area (Å²) in [6.45, 7) is 4.67. The van der Waals surface area contributed by atoms with Gasteiger partial charge in [-0.2, -0.15) is 5.10 Å². The summed E-state index contributed by atoms with van der Waals surface area (Å²) in [5.41, 5.74) is 2.91. The molecule has 9 heteroatoms. The van der Waals surface area contributed by atoms with Crippen molar-refractivity contribution in [2.75, 3.05) is 44.7 Å². The van der Waals surface area contributed by atoms with E-state index in [4.69, 9.17) is 4.74 Å². The highest BCUT2D eigenvalue weighted by Gasteiger charge is 2.13. The third-order valence-corrected chi connectivity index (χ3v) is 6.82. The summed E-state index contributed by atoms with van der Waals surface area (Å²) in [5.74, 6) is -0.174. The number of rotatable bonds is 8. The molecule has 0 bridgehead atoms. The van der Waals surface area contributed by atoms with Crippen LogP contribution in [0.25, 0.3) is 16.6 Å². The van der Waals surface area contributed by atoms with Crippen molar-refractivity contribution < 1.29 is 14.3 Å². The number of amides is 2. The van der Waals surface area contributed by atoms with Crippen LogP contribution in [0.15, 0.2) is 66.2 Å². The summed E-state index contributed by atoms with van der Waals surface area (Å²) in [4.78, 5) is 28.5. The van der Waals surface area contributed by atoms with Gasteiger partial charge in [0.2, 0.25) is 5.91 Å². The number of thiophene rings is 1. The number of morpholine rings is 1. The summed E-state index contributed by atoms with van der Waals surface area (Å²) >= 11 is 1.57. The number of nitrogens with one attached hydrogen (secondary N) is 2. The van der Waals surface area contributed by atoms with Gasteiger partial charge in [-0.25, -0.2) is 4.68 Å². The van der Waals surface area contributed by atoms with Crippen LogP contribution in [0.2, 0.25) is 0 Å². The van der Waals surface area contributed by atoms with Crippen molar-refractivity contribution in [3.05, 3.63) is 76.6 Å². The maximum atomic E-state index is 12.7. The molecule has 0 aliphatic carbocycles. The smallest absolute Gasteiger partial charge is 0.251 e. The van der Waals surface area contributed by atoms with Crippen molar-refractivity contribution >= 4 is 39.7 Å². The molecule has 4 aromatic rings. The molecule has 1 aliphatic rings.